The molecule has 0 spiro atoms. The van der Waals surface area contributed by atoms with Gasteiger partial charge in [0.25, 0.3) is 11.7 Å². The van der Waals surface area contributed by atoms with Gasteiger partial charge in [-0.3, -0.25) is 9.59 Å². The van der Waals surface area contributed by atoms with E-state index in [4.69, 9.17) is 4.98 Å². The number of anilines is 1. The van der Waals surface area contributed by atoms with Crippen molar-refractivity contribution in [3.05, 3.63) is 64.9 Å². The van der Waals surface area contributed by atoms with Gasteiger partial charge in [0.15, 0.2) is 0 Å². The van der Waals surface area contributed by atoms with E-state index in [0.29, 0.717) is 43.1 Å². The topological polar surface area (TPSA) is 84.2 Å². The molecule has 3 heterocycles. The lowest BCUT2D eigenvalue weighted by molar-refractivity contribution is -0.126. The van der Waals surface area contributed by atoms with Gasteiger partial charge in [0.05, 0.1) is 22.6 Å². The van der Waals surface area contributed by atoms with Crippen LogP contribution >= 0.6 is 0 Å². The highest BCUT2D eigenvalue weighted by Gasteiger charge is 2.31. The Morgan fingerprint density at radius 1 is 0.939 bits per heavy atom. The molecule has 0 N–H and O–H groups in total. The number of hydrogen-bond acceptors (Lipinski definition) is 6. The summed E-state index contributed by atoms with van der Waals surface area (Å²) in [4.78, 5) is 39.2. The second-order valence-corrected chi connectivity index (χ2v) is 8.78. The number of benzene rings is 1. The number of ketones is 1. The van der Waals surface area contributed by atoms with E-state index >= 15 is 0 Å². The molecule has 172 valence electrons. The van der Waals surface area contributed by atoms with Crippen molar-refractivity contribution in [1.82, 2.24) is 24.6 Å². The summed E-state index contributed by atoms with van der Waals surface area (Å²) in [6.45, 7) is 11.9. The number of piperazine rings is 1. The van der Waals surface area contributed by atoms with Gasteiger partial charge in [-0.2, -0.15) is 5.10 Å². The first kappa shape index (κ1) is 22.6. The summed E-state index contributed by atoms with van der Waals surface area (Å²) in [5.41, 5.74) is 3.41. The average molecular weight is 447 g/mol. The van der Waals surface area contributed by atoms with Crippen LogP contribution in [-0.2, 0) is 4.79 Å². The van der Waals surface area contributed by atoms with Gasteiger partial charge >= 0.3 is 0 Å². The number of amides is 1. The number of carbonyl (C=O) groups excluding carboxylic acids is 2. The third-order valence-electron chi connectivity index (χ3n) is 5.98. The van der Waals surface area contributed by atoms with Crippen LogP contribution in [0, 0.1) is 20.8 Å². The van der Waals surface area contributed by atoms with Crippen LogP contribution in [0.15, 0.2) is 36.4 Å². The van der Waals surface area contributed by atoms with Gasteiger partial charge in [-0.25, -0.2) is 14.6 Å². The largest absolute Gasteiger partial charge is 0.353 e. The van der Waals surface area contributed by atoms with Crippen molar-refractivity contribution in [3.63, 3.8) is 0 Å². The highest BCUT2D eigenvalue weighted by atomic mass is 16.2. The normalized spacial score (nSPS) is 14.1. The number of Topliss-reactive ketones (excluding diaryl/α,β-unsaturated/α-hetero) is 1. The first-order chi connectivity index (χ1) is 15.8. The fourth-order valence-electron chi connectivity index (χ4n) is 4.18. The Kier molecular flexibility index (Phi) is 6.26. The number of carbonyl (C=O) groups is 2. The van der Waals surface area contributed by atoms with Crippen molar-refractivity contribution in [3.8, 4) is 5.69 Å². The van der Waals surface area contributed by atoms with Gasteiger partial charge in [-0.1, -0.05) is 32.0 Å². The number of nitrogens with zero attached hydrogens (tertiary/aromatic N) is 6. The van der Waals surface area contributed by atoms with Gasteiger partial charge < -0.3 is 9.80 Å². The second kappa shape index (κ2) is 9.13. The summed E-state index contributed by atoms with van der Waals surface area (Å²) in [7, 11) is 0. The lowest BCUT2D eigenvalue weighted by Gasteiger charge is -2.35. The van der Waals surface area contributed by atoms with Crippen molar-refractivity contribution in [1.29, 1.82) is 0 Å². The average Bonchev–Trinajstić information content (AvgIpc) is 3.12. The molecule has 1 aliphatic heterocycles. The SMILES string of the molecule is Cc1cc(N2CCN(C(=O)C(=O)c3c(C)nn(-c4ccccc4)c3C)CC2)nc(C(C)C)n1. The molecule has 33 heavy (non-hydrogen) atoms. The molecule has 4 rings (SSSR count). The number of aromatic nitrogens is 4. The Hall–Kier alpha value is -3.55. The fourth-order valence-corrected chi connectivity index (χ4v) is 4.18. The summed E-state index contributed by atoms with van der Waals surface area (Å²) in [5, 5.41) is 4.51. The van der Waals surface area contributed by atoms with Crippen LogP contribution in [0.5, 0.6) is 0 Å². The smallest absolute Gasteiger partial charge is 0.295 e. The first-order valence-electron chi connectivity index (χ1n) is 11.3. The molecule has 0 bridgehead atoms. The molecule has 0 aliphatic carbocycles. The Balaban J connectivity index is 1.48. The Morgan fingerprint density at radius 3 is 2.24 bits per heavy atom. The van der Waals surface area contributed by atoms with Crippen LogP contribution in [0.3, 0.4) is 0 Å². The highest BCUT2D eigenvalue weighted by Crippen LogP contribution is 2.21. The molecule has 1 saturated heterocycles. The quantitative estimate of drug-likeness (QED) is 0.442. The molecular weight excluding hydrogens is 416 g/mol. The molecule has 0 unspecified atom stereocenters. The van der Waals surface area contributed by atoms with Crippen LogP contribution in [0.2, 0.25) is 0 Å². The fraction of sp³-hybridized carbons (Fsp3) is 0.400. The maximum absolute atomic E-state index is 13.2. The van der Waals surface area contributed by atoms with Crippen molar-refractivity contribution in [2.45, 2.75) is 40.5 Å². The molecule has 1 amide bonds. The van der Waals surface area contributed by atoms with Crippen LogP contribution in [0.25, 0.3) is 5.69 Å². The van der Waals surface area contributed by atoms with E-state index in [1.165, 1.54) is 0 Å². The van der Waals surface area contributed by atoms with E-state index in [1.54, 1.807) is 16.5 Å². The second-order valence-electron chi connectivity index (χ2n) is 8.78. The molecule has 3 aromatic rings. The maximum atomic E-state index is 13.2. The van der Waals surface area contributed by atoms with Crippen LogP contribution in [0.4, 0.5) is 5.82 Å². The van der Waals surface area contributed by atoms with Crippen molar-refractivity contribution in [2.75, 3.05) is 31.1 Å². The zero-order chi connectivity index (χ0) is 23.7. The van der Waals surface area contributed by atoms with E-state index in [9.17, 15) is 9.59 Å². The molecule has 8 nitrogen and oxygen atoms in total. The minimum Gasteiger partial charge on any atom is -0.353 e. The van der Waals surface area contributed by atoms with Gasteiger partial charge in [-0.05, 0) is 32.9 Å². The molecule has 2 aromatic heterocycles. The Labute approximate surface area is 194 Å². The van der Waals surface area contributed by atoms with E-state index < -0.39 is 11.7 Å². The van der Waals surface area contributed by atoms with E-state index in [1.807, 2.05) is 50.2 Å². The minimum atomic E-state index is -0.499. The number of rotatable bonds is 5. The molecule has 1 aliphatic rings. The lowest BCUT2D eigenvalue weighted by atomic mass is 10.1. The molecule has 1 aromatic carbocycles. The van der Waals surface area contributed by atoms with Crippen LogP contribution in [0.1, 0.15) is 53.0 Å². The number of para-hydroxylation sites is 1. The standard InChI is InChI=1S/C25H30N6O2/c1-16(2)24-26-17(3)15-21(27-24)29-11-13-30(14-12-29)25(33)23(32)22-18(4)28-31(19(22)5)20-9-7-6-8-10-20/h6-10,15-16H,11-14H2,1-5H3. The summed E-state index contributed by atoms with van der Waals surface area (Å²) in [6, 6.07) is 11.6. The van der Waals surface area contributed by atoms with Crippen LogP contribution in [-0.4, -0.2) is 62.5 Å². The summed E-state index contributed by atoms with van der Waals surface area (Å²) in [6.07, 6.45) is 0. The van der Waals surface area contributed by atoms with E-state index in [0.717, 1.165) is 23.0 Å². The predicted octanol–water partition coefficient (Wildman–Crippen LogP) is 3.24. The van der Waals surface area contributed by atoms with Gasteiger partial charge in [0, 0.05) is 43.9 Å². The molecule has 0 saturated carbocycles. The summed E-state index contributed by atoms with van der Waals surface area (Å²) in [5.74, 6) is 0.962. The number of aryl methyl sites for hydroxylation is 2. The third kappa shape index (κ3) is 4.51. The zero-order valence-corrected chi connectivity index (χ0v) is 19.9. The van der Waals surface area contributed by atoms with Crippen molar-refractivity contribution < 1.29 is 9.59 Å². The summed E-state index contributed by atoms with van der Waals surface area (Å²) < 4.78 is 1.72. The van der Waals surface area contributed by atoms with Gasteiger partial charge in [0.1, 0.15) is 11.6 Å². The molecular formula is C25H30N6O2. The third-order valence-corrected chi connectivity index (χ3v) is 5.98. The lowest BCUT2D eigenvalue weighted by Crippen LogP contribution is -2.51. The highest BCUT2D eigenvalue weighted by molar-refractivity contribution is 6.43. The predicted molar refractivity (Wildman–Crippen MR) is 127 cm³/mol. The Bertz CT molecular complexity index is 1180. The first-order valence-corrected chi connectivity index (χ1v) is 11.3. The summed E-state index contributed by atoms with van der Waals surface area (Å²) >= 11 is 0. The van der Waals surface area contributed by atoms with Gasteiger partial charge in [0.2, 0.25) is 0 Å². The van der Waals surface area contributed by atoms with Gasteiger partial charge in [-0.15, -0.1) is 0 Å². The number of hydrogen-bond donors (Lipinski definition) is 0. The molecule has 0 radical (unpaired) electrons. The zero-order valence-electron chi connectivity index (χ0n) is 19.9. The van der Waals surface area contributed by atoms with E-state index in [-0.39, 0.29) is 5.92 Å². The Morgan fingerprint density at radius 2 is 1.61 bits per heavy atom. The van der Waals surface area contributed by atoms with Crippen LogP contribution < -0.4 is 4.90 Å². The molecule has 1 fully saturated rings. The monoisotopic (exact) mass is 446 g/mol. The minimum absolute atomic E-state index is 0.243. The van der Waals surface area contributed by atoms with Crippen molar-refractivity contribution >= 4 is 17.5 Å². The van der Waals surface area contributed by atoms with Crippen molar-refractivity contribution in [2.24, 2.45) is 0 Å². The van der Waals surface area contributed by atoms with E-state index in [2.05, 4.69) is 28.8 Å². The molecule has 8 heteroatoms. The molecule has 0 atom stereocenters. The maximum Gasteiger partial charge on any atom is 0.295 e.